The highest BCUT2D eigenvalue weighted by Gasteiger charge is 2.09. The van der Waals surface area contributed by atoms with E-state index in [0.717, 1.165) is 16.0 Å². The highest BCUT2D eigenvalue weighted by molar-refractivity contribution is 7.13. The molecule has 0 radical (unpaired) electrons. The predicted molar refractivity (Wildman–Crippen MR) is 74.6 cm³/mol. The van der Waals surface area contributed by atoms with Crippen molar-refractivity contribution in [2.75, 3.05) is 7.11 Å². The molecule has 0 saturated carbocycles. The third-order valence-corrected chi connectivity index (χ3v) is 3.59. The van der Waals surface area contributed by atoms with Gasteiger partial charge in [0.05, 0.1) is 7.11 Å². The molecule has 0 aliphatic rings. The van der Waals surface area contributed by atoms with Crippen LogP contribution >= 0.6 is 11.3 Å². The molecule has 0 aliphatic carbocycles. The minimum Gasteiger partial charge on any atom is -0.466 e. The maximum atomic E-state index is 11.5. The van der Waals surface area contributed by atoms with Gasteiger partial charge >= 0.3 is 5.97 Å². The second-order valence-corrected chi connectivity index (χ2v) is 5.15. The van der Waals surface area contributed by atoms with Gasteiger partial charge in [0.2, 0.25) is 0 Å². The fourth-order valence-electron chi connectivity index (χ4n) is 1.67. The molecule has 1 aromatic carbocycles. The van der Waals surface area contributed by atoms with E-state index in [1.54, 1.807) is 17.4 Å². The summed E-state index contributed by atoms with van der Waals surface area (Å²) in [7, 11) is 1.39. The highest BCUT2D eigenvalue weighted by Crippen LogP contribution is 2.29. The number of aryl methyl sites for hydroxylation is 1. The van der Waals surface area contributed by atoms with Gasteiger partial charge < -0.3 is 4.74 Å². The lowest BCUT2D eigenvalue weighted by Crippen LogP contribution is -1.97. The topological polar surface area (TPSA) is 26.3 Å². The number of hydrogen-bond donors (Lipinski definition) is 0. The summed E-state index contributed by atoms with van der Waals surface area (Å²) in [6, 6.07) is 13.9. The van der Waals surface area contributed by atoms with Crippen LogP contribution in [0.4, 0.5) is 0 Å². The van der Waals surface area contributed by atoms with Crippen LogP contribution in [0.5, 0.6) is 0 Å². The van der Waals surface area contributed by atoms with Crippen molar-refractivity contribution in [3.63, 3.8) is 0 Å². The van der Waals surface area contributed by atoms with Gasteiger partial charge in [-0.2, -0.15) is 0 Å². The van der Waals surface area contributed by atoms with Crippen LogP contribution in [0.25, 0.3) is 5.57 Å². The van der Waals surface area contributed by atoms with Crippen molar-refractivity contribution in [2.24, 2.45) is 0 Å². The van der Waals surface area contributed by atoms with Gasteiger partial charge in [-0.15, -0.1) is 11.3 Å². The zero-order valence-corrected chi connectivity index (χ0v) is 11.2. The molecule has 18 heavy (non-hydrogen) atoms. The number of thiophene rings is 1. The molecular weight excluding hydrogens is 244 g/mol. The van der Waals surface area contributed by atoms with Crippen LogP contribution in [-0.2, 0) is 9.53 Å². The molecule has 0 amide bonds. The molecule has 3 heteroatoms. The fourth-order valence-corrected chi connectivity index (χ4v) is 2.58. The SMILES string of the molecule is COC(=O)/C=C(\c1ccccc1)c1ccc(C)s1. The Morgan fingerprint density at radius 3 is 2.44 bits per heavy atom. The fraction of sp³-hybridized carbons (Fsp3) is 0.133. The van der Waals surface area contributed by atoms with E-state index in [0.29, 0.717) is 0 Å². The van der Waals surface area contributed by atoms with Crippen LogP contribution in [0.15, 0.2) is 48.5 Å². The minimum atomic E-state index is -0.333. The number of ether oxygens (including phenoxy) is 1. The molecule has 2 nitrogen and oxygen atoms in total. The first-order valence-electron chi connectivity index (χ1n) is 5.62. The summed E-state index contributed by atoms with van der Waals surface area (Å²) in [5.74, 6) is -0.333. The van der Waals surface area contributed by atoms with Crippen LogP contribution < -0.4 is 0 Å². The summed E-state index contributed by atoms with van der Waals surface area (Å²) >= 11 is 1.67. The van der Waals surface area contributed by atoms with Crippen LogP contribution in [0.1, 0.15) is 15.3 Å². The largest absolute Gasteiger partial charge is 0.466 e. The molecular formula is C15H14O2S. The molecule has 0 bridgehead atoms. The van der Waals surface area contributed by atoms with Crippen LogP contribution in [0.2, 0.25) is 0 Å². The van der Waals surface area contributed by atoms with Gasteiger partial charge in [0, 0.05) is 21.4 Å². The molecule has 1 heterocycles. The molecule has 0 saturated heterocycles. The van der Waals surface area contributed by atoms with Crippen molar-refractivity contribution in [2.45, 2.75) is 6.92 Å². The Hall–Kier alpha value is -1.87. The molecule has 0 aliphatic heterocycles. The van der Waals surface area contributed by atoms with Gasteiger partial charge in [0.15, 0.2) is 0 Å². The normalized spacial score (nSPS) is 11.3. The summed E-state index contributed by atoms with van der Waals surface area (Å²) < 4.78 is 4.72. The van der Waals surface area contributed by atoms with E-state index in [1.807, 2.05) is 42.5 Å². The Bertz CT molecular complexity index is 567. The van der Waals surface area contributed by atoms with E-state index in [4.69, 9.17) is 4.74 Å². The molecule has 0 unspecified atom stereocenters. The molecule has 0 atom stereocenters. The summed E-state index contributed by atoms with van der Waals surface area (Å²) in [6.07, 6.45) is 1.54. The van der Waals surface area contributed by atoms with Gasteiger partial charge in [-0.25, -0.2) is 4.79 Å². The quantitative estimate of drug-likeness (QED) is 0.620. The Morgan fingerprint density at radius 1 is 1.17 bits per heavy atom. The number of hydrogen-bond acceptors (Lipinski definition) is 3. The first kappa shape index (κ1) is 12.6. The van der Waals surface area contributed by atoms with Crippen LogP contribution in [0, 0.1) is 6.92 Å². The van der Waals surface area contributed by atoms with Crippen LogP contribution in [0.3, 0.4) is 0 Å². The van der Waals surface area contributed by atoms with E-state index in [9.17, 15) is 4.79 Å². The van der Waals surface area contributed by atoms with Crippen molar-refractivity contribution in [3.8, 4) is 0 Å². The number of carbonyl (C=O) groups is 1. The number of esters is 1. The van der Waals surface area contributed by atoms with E-state index in [2.05, 4.69) is 6.92 Å². The molecule has 2 rings (SSSR count). The maximum Gasteiger partial charge on any atom is 0.331 e. The Morgan fingerprint density at radius 2 is 1.89 bits per heavy atom. The van der Waals surface area contributed by atoms with Crippen molar-refractivity contribution in [1.29, 1.82) is 0 Å². The monoisotopic (exact) mass is 258 g/mol. The van der Waals surface area contributed by atoms with Gasteiger partial charge in [-0.3, -0.25) is 0 Å². The Labute approximate surface area is 111 Å². The van der Waals surface area contributed by atoms with Crippen LogP contribution in [-0.4, -0.2) is 13.1 Å². The summed E-state index contributed by atoms with van der Waals surface area (Å²) in [5.41, 5.74) is 1.92. The van der Waals surface area contributed by atoms with Gasteiger partial charge in [0.1, 0.15) is 0 Å². The first-order valence-corrected chi connectivity index (χ1v) is 6.44. The smallest absolute Gasteiger partial charge is 0.331 e. The molecule has 0 fully saturated rings. The minimum absolute atomic E-state index is 0.333. The lowest BCUT2D eigenvalue weighted by Gasteiger charge is -2.05. The summed E-state index contributed by atoms with van der Waals surface area (Å²) in [6.45, 7) is 2.05. The first-order chi connectivity index (χ1) is 8.70. The predicted octanol–water partition coefficient (Wildman–Crippen LogP) is 3.66. The molecule has 0 spiro atoms. The van der Waals surface area contributed by atoms with E-state index < -0.39 is 0 Å². The van der Waals surface area contributed by atoms with E-state index in [-0.39, 0.29) is 5.97 Å². The van der Waals surface area contributed by atoms with Gasteiger partial charge in [-0.05, 0) is 24.6 Å². The van der Waals surface area contributed by atoms with Crippen molar-refractivity contribution < 1.29 is 9.53 Å². The average molecular weight is 258 g/mol. The molecule has 1 aromatic heterocycles. The standard InChI is InChI=1S/C15H14O2S/c1-11-8-9-14(18-11)13(10-15(16)17-2)12-6-4-3-5-7-12/h3-10H,1-2H3/b13-10+. The van der Waals surface area contributed by atoms with Gasteiger partial charge in [-0.1, -0.05) is 30.3 Å². The third kappa shape index (κ3) is 2.87. The van der Waals surface area contributed by atoms with E-state index in [1.165, 1.54) is 12.0 Å². The Balaban J connectivity index is 2.48. The average Bonchev–Trinajstić information content (AvgIpc) is 2.83. The second-order valence-electron chi connectivity index (χ2n) is 3.86. The number of methoxy groups -OCH3 is 1. The Kier molecular flexibility index (Phi) is 3.95. The summed E-state index contributed by atoms with van der Waals surface area (Å²) in [4.78, 5) is 13.8. The molecule has 0 N–H and O–H groups in total. The van der Waals surface area contributed by atoms with Crippen molar-refractivity contribution >= 4 is 22.9 Å². The second kappa shape index (κ2) is 5.65. The van der Waals surface area contributed by atoms with Gasteiger partial charge in [0.25, 0.3) is 0 Å². The zero-order chi connectivity index (χ0) is 13.0. The highest BCUT2D eigenvalue weighted by atomic mass is 32.1. The lowest BCUT2D eigenvalue weighted by molar-refractivity contribution is -0.134. The zero-order valence-electron chi connectivity index (χ0n) is 10.3. The number of benzene rings is 1. The molecule has 92 valence electrons. The number of carbonyl (C=O) groups excluding carboxylic acids is 1. The van der Waals surface area contributed by atoms with Crippen molar-refractivity contribution in [1.82, 2.24) is 0 Å². The maximum absolute atomic E-state index is 11.5. The summed E-state index contributed by atoms with van der Waals surface area (Å²) in [5, 5.41) is 0. The number of rotatable bonds is 3. The lowest BCUT2D eigenvalue weighted by atomic mass is 10.0. The van der Waals surface area contributed by atoms with E-state index >= 15 is 0 Å². The molecule has 2 aromatic rings. The van der Waals surface area contributed by atoms with Crippen molar-refractivity contribution in [3.05, 3.63) is 63.9 Å². The third-order valence-electron chi connectivity index (χ3n) is 2.55.